The Labute approximate surface area is 201 Å². The summed E-state index contributed by atoms with van der Waals surface area (Å²) in [5, 5.41) is 4.43. The van der Waals surface area contributed by atoms with Crippen molar-refractivity contribution in [1.82, 2.24) is 4.31 Å². The second-order valence-electron chi connectivity index (χ2n) is 7.76. The van der Waals surface area contributed by atoms with E-state index >= 15 is 0 Å². The molecule has 4 rings (SSSR count). The minimum absolute atomic E-state index is 0.0271. The molecule has 34 heavy (non-hydrogen) atoms. The summed E-state index contributed by atoms with van der Waals surface area (Å²) in [6.45, 7) is 0.442. The van der Waals surface area contributed by atoms with Gasteiger partial charge in [0.05, 0.1) is 10.8 Å². The first-order valence-electron chi connectivity index (χ1n) is 10.4. The number of nitrogens with zero attached hydrogens (tertiary/aromatic N) is 1. The van der Waals surface area contributed by atoms with Crippen molar-refractivity contribution < 1.29 is 26.0 Å². The molecule has 1 amide bonds. The summed E-state index contributed by atoms with van der Waals surface area (Å²) in [5.74, 6) is -1.33. The molecule has 8 nitrogen and oxygen atoms in total. The van der Waals surface area contributed by atoms with Gasteiger partial charge in [-0.1, -0.05) is 6.07 Å². The molecule has 2 N–H and O–H groups in total. The molecule has 0 spiro atoms. The van der Waals surface area contributed by atoms with E-state index in [1.807, 2.05) is 0 Å². The maximum absolute atomic E-state index is 13.0. The van der Waals surface area contributed by atoms with Gasteiger partial charge in [0, 0.05) is 24.5 Å². The highest BCUT2D eigenvalue weighted by atomic mass is 32.2. The number of carbonyl (C=O) groups excluding carboxylic acids is 1. The standard InChI is InChI=1S/C22H22FN3O5S3/c23-17-5-7-19(8-6-17)25-33(28,29)20-11-9-18(10-12-20)24-22(27)16-3-1-13-26(15-16)34(30,31)21-4-2-14-32-21/h2,4-12,14,16,25H,1,3,13,15H2,(H,24,27)/t16-/m0/s1. The number of rotatable bonds is 7. The van der Waals surface area contributed by atoms with Gasteiger partial charge in [-0.05, 0) is 72.8 Å². The number of piperidine rings is 1. The lowest BCUT2D eigenvalue weighted by Crippen LogP contribution is -2.43. The first-order chi connectivity index (χ1) is 16.1. The molecule has 1 aromatic heterocycles. The van der Waals surface area contributed by atoms with Gasteiger partial charge in [0.1, 0.15) is 10.0 Å². The molecule has 1 aliphatic heterocycles. The number of sulfonamides is 2. The maximum atomic E-state index is 13.0. The molecule has 1 saturated heterocycles. The first kappa shape index (κ1) is 24.3. The number of carbonyl (C=O) groups is 1. The van der Waals surface area contributed by atoms with Crippen molar-refractivity contribution in [3.63, 3.8) is 0 Å². The van der Waals surface area contributed by atoms with Crippen LogP contribution >= 0.6 is 11.3 Å². The number of nitrogens with one attached hydrogen (secondary N) is 2. The summed E-state index contributed by atoms with van der Waals surface area (Å²) >= 11 is 1.14. The monoisotopic (exact) mass is 523 g/mol. The minimum Gasteiger partial charge on any atom is -0.326 e. The zero-order valence-electron chi connectivity index (χ0n) is 17.8. The fraction of sp³-hybridized carbons (Fsp3) is 0.227. The Morgan fingerprint density at radius 2 is 1.65 bits per heavy atom. The van der Waals surface area contributed by atoms with E-state index in [2.05, 4.69) is 10.0 Å². The van der Waals surface area contributed by atoms with Crippen LogP contribution in [0.5, 0.6) is 0 Å². The number of hydrogen-bond acceptors (Lipinski definition) is 6. The van der Waals surface area contributed by atoms with Gasteiger partial charge in [-0.2, -0.15) is 4.31 Å². The molecule has 180 valence electrons. The molecule has 1 aliphatic rings. The van der Waals surface area contributed by atoms with Crippen LogP contribution in [0.1, 0.15) is 12.8 Å². The predicted octanol–water partition coefficient (Wildman–Crippen LogP) is 3.73. The van der Waals surface area contributed by atoms with Crippen molar-refractivity contribution in [3.8, 4) is 0 Å². The van der Waals surface area contributed by atoms with Crippen LogP contribution in [0.4, 0.5) is 15.8 Å². The molecule has 0 saturated carbocycles. The Bertz CT molecular complexity index is 1360. The zero-order valence-corrected chi connectivity index (χ0v) is 20.3. The molecule has 3 aromatic rings. The molecule has 0 unspecified atom stereocenters. The second-order valence-corrected chi connectivity index (χ2v) is 12.6. The molecular formula is C22H22FN3O5S3. The third-order valence-electron chi connectivity index (χ3n) is 5.37. The van der Waals surface area contributed by atoms with Crippen LogP contribution in [0.15, 0.2) is 75.1 Å². The van der Waals surface area contributed by atoms with Gasteiger partial charge in [-0.3, -0.25) is 9.52 Å². The van der Waals surface area contributed by atoms with Crippen LogP contribution in [-0.4, -0.2) is 40.1 Å². The zero-order chi connectivity index (χ0) is 24.3. The normalized spacial score (nSPS) is 17.3. The van der Waals surface area contributed by atoms with Gasteiger partial charge in [0.25, 0.3) is 20.0 Å². The van der Waals surface area contributed by atoms with Crippen molar-refractivity contribution in [3.05, 3.63) is 71.9 Å². The Morgan fingerprint density at radius 3 is 2.29 bits per heavy atom. The maximum Gasteiger partial charge on any atom is 0.261 e. The largest absolute Gasteiger partial charge is 0.326 e. The van der Waals surface area contributed by atoms with Crippen LogP contribution < -0.4 is 10.0 Å². The van der Waals surface area contributed by atoms with E-state index in [-0.39, 0.29) is 27.2 Å². The number of amides is 1. The van der Waals surface area contributed by atoms with E-state index in [0.29, 0.717) is 25.1 Å². The van der Waals surface area contributed by atoms with Crippen molar-refractivity contribution in [2.45, 2.75) is 21.9 Å². The Kier molecular flexibility index (Phi) is 7.03. The molecule has 0 aliphatic carbocycles. The van der Waals surface area contributed by atoms with Gasteiger partial charge in [0.2, 0.25) is 5.91 Å². The van der Waals surface area contributed by atoms with Crippen molar-refractivity contribution >= 4 is 48.7 Å². The van der Waals surface area contributed by atoms with Crippen molar-refractivity contribution in [1.29, 1.82) is 0 Å². The van der Waals surface area contributed by atoms with E-state index < -0.39 is 31.8 Å². The van der Waals surface area contributed by atoms with E-state index in [4.69, 9.17) is 0 Å². The van der Waals surface area contributed by atoms with Gasteiger partial charge < -0.3 is 5.32 Å². The molecule has 1 fully saturated rings. The average molecular weight is 524 g/mol. The lowest BCUT2D eigenvalue weighted by molar-refractivity contribution is -0.120. The summed E-state index contributed by atoms with van der Waals surface area (Å²) in [4.78, 5) is 12.8. The Morgan fingerprint density at radius 1 is 0.971 bits per heavy atom. The fourth-order valence-corrected chi connectivity index (χ4v) is 7.33. The number of benzene rings is 2. The first-order valence-corrected chi connectivity index (χ1v) is 14.2. The molecule has 1 atom stereocenters. The topological polar surface area (TPSA) is 113 Å². The van der Waals surface area contributed by atoms with Crippen LogP contribution in [0.3, 0.4) is 0 Å². The highest BCUT2D eigenvalue weighted by Gasteiger charge is 2.33. The molecular weight excluding hydrogens is 501 g/mol. The molecule has 2 aromatic carbocycles. The van der Waals surface area contributed by atoms with Gasteiger partial charge >= 0.3 is 0 Å². The van der Waals surface area contributed by atoms with E-state index in [9.17, 15) is 26.0 Å². The lowest BCUT2D eigenvalue weighted by Gasteiger charge is -2.30. The second kappa shape index (κ2) is 9.82. The lowest BCUT2D eigenvalue weighted by atomic mass is 9.99. The fourth-order valence-electron chi connectivity index (χ4n) is 3.61. The quantitative estimate of drug-likeness (QED) is 0.490. The van der Waals surface area contributed by atoms with Gasteiger partial charge in [-0.25, -0.2) is 21.2 Å². The van der Waals surface area contributed by atoms with Crippen LogP contribution in [0.2, 0.25) is 0 Å². The Hall–Kier alpha value is -2.80. The third kappa shape index (κ3) is 5.46. The number of hydrogen-bond donors (Lipinski definition) is 2. The summed E-state index contributed by atoms with van der Waals surface area (Å²) < 4.78 is 67.6. The summed E-state index contributed by atoms with van der Waals surface area (Å²) in [6, 6.07) is 13.7. The van der Waals surface area contributed by atoms with E-state index in [1.165, 1.54) is 40.7 Å². The van der Waals surface area contributed by atoms with E-state index in [0.717, 1.165) is 23.5 Å². The highest BCUT2D eigenvalue weighted by Crippen LogP contribution is 2.27. The molecule has 0 bridgehead atoms. The summed E-state index contributed by atoms with van der Waals surface area (Å²) in [7, 11) is -7.53. The smallest absolute Gasteiger partial charge is 0.261 e. The van der Waals surface area contributed by atoms with Gasteiger partial charge in [0.15, 0.2) is 0 Å². The minimum atomic E-state index is -3.89. The number of anilines is 2. The summed E-state index contributed by atoms with van der Waals surface area (Å²) in [6.07, 6.45) is 1.12. The van der Waals surface area contributed by atoms with Crippen LogP contribution in [0.25, 0.3) is 0 Å². The molecule has 0 radical (unpaired) electrons. The number of halogens is 1. The van der Waals surface area contributed by atoms with E-state index in [1.54, 1.807) is 17.5 Å². The number of thiophene rings is 1. The molecule has 12 heteroatoms. The van der Waals surface area contributed by atoms with Gasteiger partial charge in [-0.15, -0.1) is 11.3 Å². The SMILES string of the molecule is O=C(Nc1ccc(S(=O)(=O)Nc2ccc(F)cc2)cc1)[C@H]1CCCN(S(=O)(=O)c2cccs2)C1. The third-order valence-corrected chi connectivity index (χ3v) is 10.0. The summed E-state index contributed by atoms with van der Waals surface area (Å²) in [5.41, 5.74) is 0.613. The van der Waals surface area contributed by atoms with Crippen LogP contribution in [-0.2, 0) is 24.8 Å². The van der Waals surface area contributed by atoms with Crippen LogP contribution in [0, 0.1) is 11.7 Å². The van der Waals surface area contributed by atoms with Crippen molar-refractivity contribution in [2.75, 3.05) is 23.1 Å². The highest BCUT2D eigenvalue weighted by molar-refractivity contribution is 7.92. The predicted molar refractivity (Wildman–Crippen MR) is 128 cm³/mol. The Balaban J connectivity index is 1.40. The average Bonchev–Trinajstić information content (AvgIpc) is 3.37. The van der Waals surface area contributed by atoms with Crippen molar-refractivity contribution in [2.24, 2.45) is 5.92 Å². The molecule has 2 heterocycles.